The van der Waals surface area contributed by atoms with Crippen LogP contribution < -0.4 is 4.74 Å². The van der Waals surface area contributed by atoms with Crippen molar-refractivity contribution in [2.75, 3.05) is 6.54 Å². The number of hydrogen-bond acceptors (Lipinski definition) is 4. The number of carbonyl (C=O) groups is 1. The lowest BCUT2D eigenvalue weighted by Crippen LogP contribution is -2.32. The lowest BCUT2D eigenvalue weighted by atomic mass is 10.1. The number of ether oxygens (including phenoxy) is 1. The smallest absolute Gasteiger partial charge is 0.257 e. The fourth-order valence-electron chi connectivity index (χ4n) is 2.86. The van der Waals surface area contributed by atoms with Gasteiger partial charge in [0.05, 0.1) is 17.8 Å². The minimum absolute atomic E-state index is 0.0918. The average Bonchev–Trinajstić information content (AvgIpc) is 3.13. The number of hydrogen-bond donors (Lipinski definition) is 0. The Labute approximate surface area is 168 Å². The largest absolute Gasteiger partial charge is 0.486 e. The second-order valence-corrected chi connectivity index (χ2v) is 7.49. The molecule has 0 aliphatic heterocycles. The number of carbonyl (C=O) groups excluding carboxylic acids is 1. The summed E-state index contributed by atoms with van der Waals surface area (Å²) in [6.45, 7) is 5.28. The van der Waals surface area contributed by atoms with Crippen molar-refractivity contribution in [1.82, 2.24) is 9.88 Å². The van der Waals surface area contributed by atoms with Crippen molar-refractivity contribution in [1.29, 1.82) is 0 Å². The van der Waals surface area contributed by atoms with Crippen LogP contribution in [0.15, 0.2) is 53.9 Å². The van der Waals surface area contributed by atoms with E-state index >= 15 is 0 Å². The summed E-state index contributed by atoms with van der Waals surface area (Å²) in [4.78, 5) is 19.0. The quantitative estimate of drug-likeness (QED) is 0.522. The molecule has 1 aromatic heterocycles. The highest BCUT2D eigenvalue weighted by Gasteiger charge is 2.19. The van der Waals surface area contributed by atoms with Crippen molar-refractivity contribution in [2.24, 2.45) is 0 Å². The molecule has 3 rings (SSSR count). The molecule has 0 saturated heterocycles. The molecule has 2 aromatic carbocycles. The maximum Gasteiger partial charge on any atom is 0.257 e. The summed E-state index contributed by atoms with van der Waals surface area (Å²) in [5, 5.41) is 2.76. The Balaban J connectivity index is 1.65. The number of thiazole rings is 1. The van der Waals surface area contributed by atoms with E-state index in [9.17, 15) is 9.18 Å². The molecule has 0 radical (unpaired) electrons. The Kier molecular flexibility index (Phi) is 6.76. The van der Waals surface area contributed by atoms with E-state index in [-0.39, 0.29) is 11.5 Å². The highest BCUT2D eigenvalue weighted by Crippen LogP contribution is 2.19. The van der Waals surface area contributed by atoms with Crippen LogP contribution >= 0.6 is 11.3 Å². The standard InChI is InChI=1S/C22H23FN2O2S/c1-3-11-25(22(26)19-9-4-5-10-20(19)23)13-17-15-28-21(24-17)14-27-18-8-6-7-16(2)12-18/h4-10,12,15H,3,11,13-14H2,1-2H3. The number of rotatable bonds is 8. The van der Waals surface area contributed by atoms with Crippen molar-refractivity contribution in [3.63, 3.8) is 0 Å². The monoisotopic (exact) mass is 398 g/mol. The van der Waals surface area contributed by atoms with Gasteiger partial charge in [-0.3, -0.25) is 4.79 Å². The first-order valence-corrected chi connectivity index (χ1v) is 10.1. The average molecular weight is 399 g/mol. The molecule has 1 heterocycles. The summed E-state index contributed by atoms with van der Waals surface area (Å²) in [6.07, 6.45) is 0.785. The normalized spacial score (nSPS) is 10.7. The van der Waals surface area contributed by atoms with Gasteiger partial charge in [0.15, 0.2) is 0 Å². The molecular weight excluding hydrogens is 375 g/mol. The molecule has 146 valence electrons. The molecule has 0 unspecified atom stereocenters. The topological polar surface area (TPSA) is 42.4 Å². The third kappa shape index (κ3) is 5.16. The first kappa shape index (κ1) is 20.0. The van der Waals surface area contributed by atoms with E-state index in [2.05, 4.69) is 4.98 Å². The zero-order valence-corrected chi connectivity index (χ0v) is 16.8. The van der Waals surface area contributed by atoms with Gasteiger partial charge in [0.2, 0.25) is 0 Å². The van der Waals surface area contributed by atoms with Gasteiger partial charge in [-0.2, -0.15) is 0 Å². The van der Waals surface area contributed by atoms with Crippen LogP contribution in [0.5, 0.6) is 5.75 Å². The number of halogens is 1. The number of aryl methyl sites for hydroxylation is 1. The first-order chi connectivity index (χ1) is 13.6. The van der Waals surface area contributed by atoms with Gasteiger partial charge < -0.3 is 9.64 Å². The molecule has 0 spiro atoms. The van der Waals surface area contributed by atoms with Gasteiger partial charge in [0, 0.05) is 11.9 Å². The molecular formula is C22H23FN2O2S. The molecule has 0 N–H and O–H groups in total. The summed E-state index contributed by atoms with van der Waals surface area (Å²) in [5.74, 6) is -0.0104. The van der Waals surface area contributed by atoms with Gasteiger partial charge in [-0.15, -0.1) is 11.3 Å². The minimum atomic E-state index is -0.501. The van der Waals surface area contributed by atoms with Gasteiger partial charge in [-0.05, 0) is 43.2 Å². The molecule has 28 heavy (non-hydrogen) atoms. The molecule has 0 atom stereocenters. The summed E-state index contributed by atoms with van der Waals surface area (Å²) in [7, 11) is 0. The van der Waals surface area contributed by atoms with Gasteiger partial charge in [0.1, 0.15) is 23.2 Å². The van der Waals surface area contributed by atoms with Crippen LogP contribution in [-0.4, -0.2) is 22.3 Å². The number of benzene rings is 2. The van der Waals surface area contributed by atoms with E-state index in [4.69, 9.17) is 4.74 Å². The van der Waals surface area contributed by atoms with Gasteiger partial charge in [-0.25, -0.2) is 9.37 Å². The van der Waals surface area contributed by atoms with E-state index in [0.717, 1.165) is 28.4 Å². The Hall–Kier alpha value is -2.73. The minimum Gasteiger partial charge on any atom is -0.486 e. The van der Waals surface area contributed by atoms with E-state index in [0.29, 0.717) is 19.7 Å². The summed E-state index contributed by atoms with van der Waals surface area (Å²) in [6, 6.07) is 13.9. The second kappa shape index (κ2) is 9.46. The van der Waals surface area contributed by atoms with Crippen molar-refractivity contribution < 1.29 is 13.9 Å². The van der Waals surface area contributed by atoms with E-state index in [1.807, 2.05) is 43.5 Å². The summed E-state index contributed by atoms with van der Waals surface area (Å²) < 4.78 is 19.8. The van der Waals surface area contributed by atoms with Crippen LogP contribution in [0, 0.1) is 12.7 Å². The predicted octanol–water partition coefficient (Wildman–Crippen LogP) is 5.22. The molecule has 0 saturated carbocycles. The van der Waals surface area contributed by atoms with Crippen LogP contribution in [0.3, 0.4) is 0 Å². The van der Waals surface area contributed by atoms with Crippen molar-refractivity contribution >= 4 is 17.2 Å². The number of amides is 1. The molecule has 0 aliphatic rings. The van der Waals surface area contributed by atoms with Crippen LogP contribution in [0.2, 0.25) is 0 Å². The Bertz CT molecular complexity index is 942. The zero-order valence-electron chi connectivity index (χ0n) is 16.0. The highest BCUT2D eigenvalue weighted by molar-refractivity contribution is 7.09. The summed E-state index contributed by atoms with van der Waals surface area (Å²) in [5.41, 5.74) is 2.01. The fraction of sp³-hybridized carbons (Fsp3) is 0.273. The summed E-state index contributed by atoms with van der Waals surface area (Å²) >= 11 is 1.50. The first-order valence-electron chi connectivity index (χ1n) is 9.23. The maximum absolute atomic E-state index is 14.0. The zero-order chi connectivity index (χ0) is 19.9. The Morgan fingerprint density at radius 2 is 2.04 bits per heavy atom. The highest BCUT2D eigenvalue weighted by atomic mass is 32.1. The molecule has 1 amide bonds. The molecule has 0 fully saturated rings. The number of aromatic nitrogens is 1. The number of nitrogens with zero attached hydrogens (tertiary/aromatic N) is 2. The van der Waals surface area contributed by atoms with E-state index in [1.165, 1.54) is 23.5 Å². The van der Waals surface area contributed by atoms with Crippen molar-refractivity contribution in [3.8, 4) is 5.75 Å². The van der Waals surface area contributed by atoms with Crippen LogP contribution in [0.25, 0.3) is 0 Å². The molecule has 6 heteroatoms. The fourth-order valence-corrected chi connectivity index (χ4v) is 3.56. The molecule has 4 nitrogen and oxygen atoms in total. The van der Waals surface area contributed by atoms with E-state index in [1.54, 1.807) is 17.0 Å². The SMILES string of the molecule is CCCN(Cc1csc(COc2cccc(C)c2)n1)C(=O)c1ccccc1F. The van der Waals surface area contributed by atoms with Crippen LogP contribution in [0.4, 0.5) is 4.39 Å². The van der Waals surface area contributed by atoms with Crippen molar-refractivity contribution in [3.05, 3.63) is 81.6 Å². The molecule has 0 bridgehead atoms. The molecule has 3 aromatic rings. The van der Waals surface area contributed by atoms with Gasteiger partial charge in [0.25, 0.3) is 5.91 Å². The maximum atomic E-state index is 14.0. The third-order valence-electron chi connectivity index (χ3n) is 4.19. The third-order valence-corrected chi connectivity index (χ3v) is 5.06. The van der Waals surface area contributed by atoms with Gasteiger partial charge in [-0.1, -0.05) is 31.2 Å². The van der Waals surface area contributed by atoms with Crippen LogP contribution in [0.1, 0.15) is 40.0 Å². The molecule has 0 aliphatic carbocycles. The van der Waals surface area contributed by atoms with Crippen molar-refractivity contribution in [2.45, 2.75) is 33.4 Å². The predicted molar refractivity (Wildman–Crippen MR) is 109 cm³/mol. The van der Waals surface area contributed by atoms with E-state index < -0.39 is 5.82 Å². The Morgan fingerprint density at radius 1 is 1.21 bits per heavy atom. The second-order valence-electron chi connectivity index (χ2n) is 6.54. The Morgan fingerprint density at radius 3 is 2.79 bits per heavy atom. The lowest BCUT2D eigenvalue weighted by Gasteiger charge is -2.21. The lowest BCUT2D eigenvalue weighted by molar-refractivity contribution is 0.0736. The van der Waals surface area contributed by atoms with Crippen LogP contribution in [-0.2, 0) is 13.2 Å². The van der Waals surface area contributed by atoms with Gasteiger partial charge >= 0.3 is 0 Å².